The van der Waals surface area contributed by atoms with E-state index in [-0.39, 0.29) is 30.0 Å². The van der Waals surface area contributed by atoms with Crippen molar-refractivity contribution in [1.29, 1.82) is 0 Å². The number of anilines is 2. The Hall–Kier alpha value is -5.60. The molecule has 0 spiro atoms. The van der Waals surface area contributed by atoms with Crippen LogP contribution < -0.4 is 26.5 Å². The minimum Gasteiger partial charge on any atom is -0.381 e. The number of piperazine rings is 1. The van der Waals surface area contributed by atoms with E-state index in [4.69, 9.17) is 9.97 Å². The number of hydrogen-bond donors (Lipinski definition) is 3. The smallest absolute Gasteiger partial charge is 0.329 e. The van der Waals surface area contributed by atoms with Crippen LogP contribution in [0.2, 0.25) is 0 Å². The van der Waals surface area contributed by atoms with Gasteiger partial charge in [0.1, 0.15) is 16.7 Å². The molecule has 1 unspecified atom stereocenters. The van der Waals surface area contributed by atoms with Gasteiger partial charge < -0.3 is 15.5 Å². The number of aryl methyl sites for hydroxylation is 1. The predicted molar refractivity (Wildman–Crippen MR) is 207 cm³/mol. The summed E-state index contributed by atoms with van der Waals surface area (Å²) in [7, 11) is 1.75. The number of amides is 3. The van der Waals surface area contributed by atoms with Crippen molar-refractivity contribution >= 4 is 72.6 Å². The quantitative estimate of drug-likeness (QED) is 0.216. The highest BCUT2D eigenvalue weighted by Crippen LogP contribution is 2.41. The normalized spacial score (nSPS) is 19.7. The molecule has 2 atom stereocenters. The second kappa shape index (κ2) is 13.1. The Morgan fingerprint density at radius 3 is 2.66 bits per heavy atom. The summed E-state index contributed by atoms with van der Waals surface area (Å²) in [5.74, 6) is 0.157. The van der Waals surface area contributed by atoms with E-state index < -0.39 is 11.9 Å². The topological polar surface area (TPSA) is 146 Å². The fraction of sp³-hybridized carbons (Fsp3) is 0.333. The monoisotopic (exact) mass is 729 g/mol. The first-order valence-electron chi connectivity index (χ1n) is 18.1. The first-order chi connectivity index (χ1) is 25.7. The Morgan fingerprint density at radius 2 is 1.83 bits per heavy atom. The maximum absolute atomic E-state index is 13.4. The average molecular weight is 730 g/mol. The lowest BCUT2D eigenvalue weighted by atomic mass is 10.0. The van der Waals surface area contributed by atoms with E-state index in [1.165, 1.54) is 11.3 Å². The Morgan fingerprint density at radius 1 is 0.981 bits per heavy atom. The zero-order valence-corrected chi connectivity index (χ0v) is 30.3. The van der Waals surface area contributed by atoms with Gasteiger partial charge >= 0.3 is 5.69 Å². The number of nitrogens with one attached hydrogen (secondary N) is 3. The molecule has 4 aromatic heterocycles. The number of para-hydroxylation sites is 1. The van der Waals surface area contributed by atoms with E-state index in [0.717, 1.165) is 99.5 Å². The molecule has 7 heterocycles. The summed E-state index contributed by atoms with van der Waals surface area (Å²) in [6.07, 6.45) is 3.13. The number of imidazole rings is 1. The van der Waals surface area contributed by atoms with Gasteiger partial charge in [0, 0.05) is 86.0 Å². The lowest BCUT2D eigenvalue weighted by molar-refractivity contribution is -0.135. The lowest BCUT2D eigenvalue weighted by Gasteiger charge is -2.35. The zero-order valence-electron chi connectivity index (χ0n) is 29.5. The van der Waals surface area contributed by atoms with E-state index in [2.05, 4.69) is 56.1 Å². The molecule has 6 aromatic rings. The van der Waals surface area contributed by atoms with Crippen molar-refractivity contribution in [2.24, 2.45) is 7.05 Å². The molecule has 3 N–H and O–H groups in total. The van der Waals surface area contributed by atoms with Crippen LogP contribution in [0, 0.1) is 0 Å². The number of imide groups is 1. The SMILES string of the molecule is C[C@@H]1CNc2c(sc3ccc4nc(-c5ccnc(N6CCN(CCc7cccc8c7n(C)c(=O)n8C7CCC(=O)NC7=O)CC6)c5)ccc4c23)C(=O)N1. The van der Waals surface area contributed by atoms with Gasteiger partial charge in [0.05, 0.1) is 27.9 Å². The van der Waals surface area contributed by atoms with Crippen molar-refractivity contribution in [2.45, 2.75) is 38.3 Å². The number of benzene rings is 2. The molecule has 0 bridgehead atoms. The molecule has 2 aromatic carbocycles. The number of rotatable bonds is 6. The summed E-state index contributed by atoms with van der Waals surface area (Å²) < 4.78 is 4.23. The summed E-state index contributed by atoms with van der Waals surface area (Å²) >= 11 is 1.51. The van der Waals surface area contributed by atoms with Crippen LogP contribution in [0.15, 0.2) is 65.6 Å². The van der Waals surface area contributed by atoms with Crippen LogP contribution in [0.5, 0.6) is 0 Å². The van der Waals surface area contributed by atoms with Crippen molar-refractivity contribution < 1.29 is 14.4 Å². The number of nitrogens with zero attached hydrogens (tertiary/aromatic N) is 6. The van der Waals surface area contributed by atoms with Crippen molar-refractivity contribution in [2.75, 3.05) is 49.5 Å². The van der Waals surface area contributed by atoms with E-state index in [1.54, 1.807) is 16.2 Å². The summed E-state index contributed by atoms with van der Waals surface area (Å²) in [4.78, 5) is 65.9. The zero-order chi connectivity index (χ0) is 36.4. The lowest BCUT2D eigenvalue weighted by Crippen LogP contribution is -2.47. The number of carbonyl (C=O) groups excluding carboxylic acids is 3. The molecule has 270 valence electrons. The largest absolute Gasteiger partial charge is 0.381 e. The van der Waals surface area contributed by atoms with E-state index >= 15 is 0 Å². The van der Waals surface area contributed by atoms with E-state index in [9.17, 15) is 19.2 Å². The number of pyridine rings is 2. The third-order valence-electron chi connectivity index (χ3n) is 10.8. The molecule has 0 aliphatic carbocycles. The van der Waals surface area contributed by atoms with Crippen LogP contribution in [0.4, 0.5) is 11.5 Å². The molecule has 2 saturated heterocycles. The minimum atomic E-state index is -0.698. The number of thiophene rings is 1. The van der Waals surface area contributed by atoms with Gasteiger partial charge in [0.15, 0.2) is 0 Å². The summed E-state index contributed by atoms with van der Waals surface area (Å²) in [6, 6.07) is 17.6. The standard InChI is InChI=1S/C39H39N9O4S/c1-22-21-41-34-33-25-6-7-26(43-27(25)8-10-30(33)53-36(34)38(51)42-22)24-12-14-40-31(20-24)47-18-16-46(17-19-47)15-13-23-4-3-5-28-35(23)45(2)39(52)48(28)29-9-11-32(49)44-37(29)50/h3-8,10,12,14,20,22,29,41H,9,11,13,15-19,21H2,1-2H3,(H,42,51)(H,44,49,50)/t22-,29?/m1/s1. The van der Waals surface area contributed by atoms with Crippen LogP contribution in [0.25, 0.3) is 43.3 Å². The van der Waals surface area contributed by atoms with E-state index in [1.807, 2.05) is 37.4 Å². The van der Waals surface area contributed by atoms with Gasteiger partial charge in [0.25, 0.3) is 5.91 Å². The van der Waals surface area contributed by atoms with Crippen molar-refractivity contribution in [3.05, 3.63) is 81.7 Å². The highest BCUT2D eigenvalue weighted by Gasteiger charge is 2.32. The molecule has 2 fully saturated rings. The maximum atomic E-state index is 13.4. The Bertz CT molecular complexity index is 2530. The Kier molecular flexibility index (Phi) is 8.23. The molecule has 3 aliphatic heterocycles. The van der Waals surface area contributed by atoms with Gasteiger partial charge in [-0.05, 0) is 67.8 Å². The Balaban J connectivity index is 0.890. The second-order valence-electron chi connectivity index (χ2n) is 14.2. The van der Waals surface area contributed by atoms with Gasteiger partial charge in [-0.1, -0.05) is 12.1 Å². The van der Waals surface area contributed by atoms with Gasteiger partial charge in [-0.2, -0.15) is 0 Å². The van der Waals surface area contributed by atoms with Crippen LogP contribution >= 0.6 is 11.3 Å². The number of piperidine rings is 1. The third kappa shape index (κ3) is 5.82. The molecule has 3 amide bonds. The molecular formula is C39H39N9O4S. The van der Waals surface area contributed by atoms with E-state index in [0.29, 0.717) is 17.8 Å². The van der Waals surface area contributed by atoms with Crippen LogP contribution in [0.3, 0.4) is 0 Å². The number of carbonyl (C=O) groups is 3. The van der Waals surface area contributed by atoms with Crippen molar-refractivity contribution in [1.82, 2.24) is 34.6 Å². The molecule has 0 radical (unpaired) electrons. The van der Waals surface area contributed by atoms with Gasteiger partial charge in [0.2, 0.25) is 11.8 Å². The molecule has 3 aliphatic rings. The van der Waals surface area contributed by atoms with Gasteiger partial charge in [-0.15, -0.1) is 11.3 Å². The minimum absolute atomic E-state index is 0.0356. The van der Waals surface area contributed by atoms with Gasteiger partial charge in [-0.3, -0.25) is 33.7 Å². The fourth-order valence-corrected chi connectivity index (χ4v) is 9.17. The van der Waals surface area contributed by atoms with Crippen molar-refractivity contribution in [3.8, 4) is 11.3 Å². The number of fused-ring (bicyclic) bond motifs is 6. The first-order valence-corrected chi connectivity index (χ1v) is 18.9. The van der Waals surface area contributed by atoms with Gasteiger partial charge in [-0.25, -0.2) is 14.8 Å². The predicted octanol–water partition coefficient (Wildman–Crippen LogP) is 4.05. The molecule has 13 nitrogen and oxygen atoms in total. The summed E-state index contributed by atoms with van der Waals surface area (Å²) in [5, 5.41) is 11.0. The average Bonchev–Trinajstić information content (AvgIpc) is 3.63. The maximum Gasteiger partial charge on any atom is 0.329 e. The highest BCUT2D eigenvalue weighted by molar-refractivity contribution is 7.21. The highest BCUT2D eigenvalue weighted by atomic mass is 32.1. The number of hydrogen-bond acceptors (Lipinski definition) is 10. The third-order valence-corrected chi connectivity index (χ3v) is 12.0. The van der Waals surface area contributed by atoms with Crippen LogP contribution in [-0.2, 0) is 23.1 Å². The second-order valence-corrected chi connectivity index (χ2v) is 15.3. The van der Waals surface area contributed by atoms with Crippen LogP contribution in [0.1, 0.15) is 41.0 Å². The first kappa shape index (κ1) is 33.3. The molecule has 9 rings (SSSR count). The molecule has 14 heteroatoms. The Labute approximate surface area is 308 Å². The summed E-state index contributed by atoms with van der Waals surface area (Å²) in [5.41, 5.74) is 6.00. The molecule has 0 saturated carbocycles. The molecular weight excluding hydrogens is 691 g/mol. The summed E-state index contributed by atoms with van der Waals surface area (Å²) in [6.45, 7) is 6.91. The van der Waals surface area contributed by atoms with Crippen LogP contribution in [-0.4, -0.2) is 87.0 Å². The fourth-order valence-electron chi connectivity index (χ4n) is 8.07. The molecule has 53 heavy (non-hydrogen) atoms. The number of aromatic nitrogens is 4. The van der Waals surface area contributed by atoms with Crippen molar-refractivity contribution in [3.63, 3.8) is 0 Å².